The van der Waals surface area contributed by atoms with Crippen molar-refractivity contribution in [1.82, 2.24) is 4.98 Å². The molecule has 0 radical (unpaired) electrons. The molecule has 0 bridgehead atoms. The highest BCUT2D eigenvalue weighted by molar-refractivity contribution is 5.49. The molecule has 0 aromatic carbocycles. The molecule has 0 unspecified atom stereocenters. The lowest BCUT2D eigenvalue weighted by Gasteiger charge is -2.03. The van der Waals surface area contributed by atoms with E-state index in [4.69, 9.17) is 11.5 Å². The summed E-state index contributed by atoms with van der Waals surface area (Å²) in [6, 6.07) is 1.81. The number of rotatable bonds is 0. The maximum absolute atomic E-state index is 5.53. The van der Waals surface area contributed by atoms with Gasteiger partial charge in [0.2, 0.25) is 0 Å². The van der Waals surface area contributed by atoms with E-state index in [9.17, 15) is 0 Å². The van der Waals surface area contributed by atoms with Gasteiger partial charge in [0.25, 0.3) is 0 Å². The van der Waals surface area contributed by atoms with Gasteiger partial charge >= 0.3 is 0 Å². The monoisotopic (exact) mass is 137 g/mol. The molecule has 0 saturated heterocycles. The highest BCUT2D eigenvalue weighted by Gasteiger charge is 1.98. The van der Waals surface area contributed by atoms with Gasteiger partial charge in [-0.3, -0.25) is 0 Å². The average molecular weight is 137 g/mol. The normalized spacial score (nSPS) is 9.80. The smallest absolute Gasteiger partial charge is 0.128 e. The Labute approximate surface area is 60.1 Å². The van der Waals surface area contributed by atoms with Crippen molar-refractivity contribution in [3.05, 3.63) is 17.2 Å². The molecule has 0 fully saturated rings. The molecule has 0 atom stereocenters. The largest absolute Gasteiger partial charge is 0.384 e. The molecule has 0 aliphatic heterocycles. The van der Waals surface area contributed by atoms with Gasteiger partial charge in [-0.25, -0.2) is 4.98 Å². The molecule has 54 valence electrons. The first-order valence-electron chi connectivity index (χ1n) is 3.10. The molecule has 1 aromatic heterocycles. The van der Waals surface area contributed by atoms with Crippen molar-refractivity contribution in [3.8, 4) is 0 Å². The lowest BCUT2D eigenvalue weighted by atomic mass is 10.1. The molecular formula is C7H11N3. The van der Waals surface area contributed by atoms with Crippen LogP contribution < -0.4 is 11.5 Å². The first-order valence-corrected chi connectivity index (χ1v) is 3.10. The number of pyridine rings is 1. The number of nitrogen functional groups attached to an aromatic ring is 2. The Morgan fingerprint density at radius 2 is 1.90 bits per heavy atom. The van der Waals surface area contributed by atoms with Crippen LogP contribution in [0.3, 0.4) is 0 Å². The van der Waals surface area contributed by atoms with Crippen LogP contribution in [0.1, 0.15) is 11.1 Å². The van der Waals surface area contributed by atoms with Crippen LogP contribution in [0.15, 0.2) is 6.07 Å². The summed E-state index contributed by atoms with van der Waals surface area (Å²) in [5.74, 6) is 1.01. The molecule has 3 nitrogen and oxygen atoms in total. The third-order valence-corrected chi connectivity index (χ3v) is 1.59. The molecule has 0 amide bonds. The van der Waals surface area contributed by atoms with Crippen LogP contribution in [0, 0.1) is 13.8 Å². The van der Waals surface area contributed by atoms with Crippen molar-refractivity contribution in [3.63, 3.8) is 0 Å². The number of aryl methyl sites for hydroxylation is 1. The number of aromatic nitrogens is 1. The van der Waals surface area contributed by atoms with E-state index >= 15 is 0 Å². The second kappa shape index (κ2) is 2.17. The van der Waals surface area contributed by atoms with Crippen LogP contribution in [0.4, 0.5) is 11.6 Å². The SMILES string of the molecule is Cc1cc(N)nc(N)c1C. The maximum atomic E-state index is 5.53. The van der Waals surface area contributed by atoms with E-state index in [0.29, 0.717) is 11.6 Å². The molecule has 0 aliphatic rings. The summed E-state index contributed by atoms with van der Waals surface area (Å²) >= 11 is 0. The summed E-state index contributed by atoms with van der Waals surface area (Å²) in [5.41, 5.74) is 13.1. The Morgan fingerprint density at radius 3 is 2.40 bits per heavy atom. The Morgan fingerprint density at radius 1 is 1.30 bits per heavy atom. The summed E-state index contributed by atoms with van der Waals surface area (Å²) in [6.45, 7) is 3.89. The zero-order valence-electron chi connectivity index (χ0n) is 6.18. The number of anilines is 2. The minimum Gasteiger partial charge on any atom is -0.384 e. The molecule has 10 heavy (non-hydrogen) atoms. The minimum absolute atomic E-state index is 0.487. The van der Waals surface area contributed by atoms with E-state index in [-0.39, 0.29) is 0 Å². The minimum atomic E-state index is 0.487. The summed E-state index contributed by atoms with van der Waals surface area (Å²) in [5, 5.41) is 0. The number of nitrogens with zero attached hydrogens (tertiary/aromatic N) is 1. The van der Waals surface area contributed by atoms with Crippen LogP contribution in [0.5, 0.6) is 0 Å². The van der Waals surface area contributed by atoms with Crippen molar-refractivity contribution in [1.29, 1.82) is 0 Å². The third kappa shape index (κ3) is 1.03. The van der Waals surface area contributed by atoms with Crippen molar-refractivity contribution >= 4 is 11.6 Å². The van der Waals surface area contributed by atoms with Crippen molar-refractivity contribution in [2.24, 2.45) is 0 Å². The van der Waals surface area contributed by atoms with Gasteiger partial charge < -0.3 is 11.5 Å². The highest BCUT2D eigenvalue weighted by atomic mass is 14.9. The van der Waals surface area contributed by atoms with Crippen LogP contribution in [-0.2, 0) is 0 Å². The average Bonchev–Trinajstić information content (AvgIpc) is 1.82. The summed E-state index contributed by atoms with van der Waals surface area (Å²) in [4.78, 5) is 3.89. The predicted molar refractivity (Wildman–Crippen MR) is 42.5 cm³/mol. The van der Waals surface area contributed by atoms with Gasteiger partial charge in [0.1, 0.15) is 11.6 Å². The second-order valence-corrected chi connectivity index (χ2v) is 2.37. The molecule has 0 spiro atoms. The Balaban J connectivity index is 3.31. The van der Waals surface area contributed by atoms with Gasteiger partial charge in [0, 0.05) is 0 Å². The first kappa shape index (κ1) is 6.86. The van der Waals surface area contributed by atoms with E-state index in [1.54, 1.807) is 0 Å². The van der Waals surface area contributed by atoms with Crippen LogP contribution >= 0.6 is 0 Å². The second-order valence-electron chi connectivity index (χ2n) is 2.37. The van der Waals surface area contributed by atoms with Crippen molar-refractivity contribution in [2.45, 2.75) is 13.8 Å². The molecular weight excluding hydrogens is 126 g/mol. The van der Waals surface area contributed by atoms with Crippen molar-refractivity contribution < 1.29 is 0 Å². The summed E-state index contributed by atoms with van der Waals surface area (Å²) in [6.07, 6.45) is 0. The summed E-state index contributed by atoms with van der Waals surface area (Å²) < 4.78 is 0. The third-order valence-electron chi connectivity index (χ3n) is 1.59. The standard InChI is InChI=1S/C7H11N3/c1-4-3-6(8)10-7(9)5(4)2/h3H,1-2H3,(H4,8,9,10). The first-order chi connectivity index (χ1) is 4.61. The van der Waals surface area contributed by atoms with Gasteiger partial charge in [0.05, 0.1) is 0 Å². The number of nitrogens with two attached hydrogens (primary N) is 2. The van der Waals surface area contributed by atoms with Gasteiger partial charge in [-0.1, -0.05) is 0 Å². The topological polar surface area (TPSA) is 64.9 Å². The predicted octanol–water partition coefficient (Wildman–Crippen LogP) is 0.863. The quantitative estimate of drug-likeness (QED) is 0.557. The van der Waals surface area contributed by atoms with Crippen molar-refractivity contribution in [2.75, 3.05) is 11.5 Å². The fraction of sp³-hybridized carbons (Fsp3) is 0.286. The molecule has 1 aromatic rings. The molecule has 0 saturated carbocycles. The van der Waals surface area contributed by atoms with E-state index < -0.39 is 0 Å². The van der Waals surface area contributed by atoms with Crippen LogP contribution in [0.2, 0.25) is 0 Å². The Bertz CT molecular complexity index is 232. The Kier molecular flexibility index (Phi) is 1.49. The molecule has 4 N–H and O–H groups in total. The molecule has 1 heterocycles. The fourth-order valence-electron chi connectivity index (χ4n) is 0.787. The molecule has 0 aliphatic carbocycles. The van der Waals surface area contributed by atoms with Gasteiger partial charge in [-0.15, -0.1) is 0 Å². The molecule has 1 rings (SSSR count). The van der Waals surface area contributed by atoms with Crippen LogP contribution in [0.25, 0.3) is 0 Å². The van der Waals surface area contributed by atoms with E-state index in [0.717, 1.165) is 11.1 Å². The molecule has 3 heteroatoms. The number of hydrogen-bond donors (Lipinski definition) is 2. The van der Waals surface area contributed by atoms with Gasteiger partial charge in [0.15, 0.2) is 0 Å². The zero-order chi connectivity index (χ0) is 7.72. The Hall–Kier alpha value is -1.25. The summed E-state index contributed by atoms with van der Waals surface area (Å²) in [7, 11) is 0. The number of hydrogen-bond acceptors (Lipinski definition) is 3. The fourth-order valence-corrected chi connectivity index (χ4v) is 0.787. The van der Waals surface area contributed by atoms with E-state index in [1.807, 2.05) is 19.9 Å². The van der Waals surface area contributed by atoms with Gasteiger partial charge in [-0.05, 0) is 31.0 Å². The van der Waals surface area contributed by atoms with Crippen LogP contribution in [-0.4, -0.2) is 4.98 Å². The lowest BCUT2D eigenvalue weighted by Crippen LogP contribution is -2.00. The van der Waals surface area contributed by atoms with E-state index in [2.05, 4.69) is 4.98 Å². The van der Waals surface area contributed by atoms with E-state index in [1.165, 1.54) is 0 Å². The van der Waals surface area contributed by atoms with Gasteiger partial charge in [-0.2, -0.15) is 0 Å². The lowest BCUT2D eigenvalue weighted by molar-refractivity contribution is 1.24. The zero-order valence-corrected chi connectivity index (χ0v) is 6.18. The highest BCUT2D eigenvalue weighted by Crippen LogP contribution is 2.14. The maximum Gasteiger partial charge on any atom is 0.128 e.